The van der Waals surface area contributed by atoms with Crippen LogP contribution in [0.5, 0.6) is 0 Å². The highest BCUT2D eigenvalue weighted by Crippen LogP contribution is 2.24. The topological polar surface area (TPSA) is 74.6 Å². The molecule has 2 unspecified atom stereocenters. The number of carboxylic acids is 1. The van der Waals surface area contributed by atoms with Gasteiger partial charge in [-0.2, -0.15) is 0 Å². The maximum atomic E-state index is 11.2. The highest BCUT2D eigenvalue weighted by molar-refractivity contribution is 7.44. The van der Waals surface area contributed by atoms with Crippen molar-refractivity contribution in [2.75, 3.05) is 12.5 Å². The Balaban J connectivity index is 2.65. The number of aliphatic carboxylic acids is 1. The van der Waals surface area contributed by atoms with Gasteiger partial charge in [0.15, 0.2) is 0 Å². The van der Waals surface area contributed by atoms with E-state index in [-0.39, 0.29) is 6.16 Å². The molecule has 2 N–H and O–H groups in total. The van der Waals surface area contributed by atoms with Gasteiger partial charge in [-0.15, -0.1) is 0 Å². The van der Waals surface area contributed by atoms with Crippen LogP contribution in [0.25, 0.3) is 0 Å². The van der Waals surface area contributed by atoms with E-state index in [0.29, 0.717) is 6.42 Å². The second-order valence-electron chi connectivity index (χ2n) is 3.63. The Morgan fingerprint density at radius 3 is 2.44 bits per heavy atom. The molecule has 0 fully saturated rings. The maximum absolute atomic E-state index is 11.2. The van der Waals surface area contributed by atoms with Crippen LogP contribution in [0.2, 0.25) is 0 Å². The SMILES string of the molecule is O=C(O)C(Cc1ccccc1)C[PH](=O)CO. The van der Waals surface area contributed by atoms with Crippen molar-refractivity contribution in [2.24, 2.45) is 5.92 Å². The normalized spacial score (nSPS) is 14.3. The van der Waals surface area contributed by atoms with Crippen LogP contribution in [0.4, 0.5) is 0 Å². The highest BCUT2D eigenvalue weighted by atomic mass is 31.1. The number of carbonyl (C=O) groups is 1. The van der Waals surface area contributed by atoms with Crippen LogP contribution in [0.15, 0.2) is 30.3 Å². The van der Waals surface area contributed by atoms with Gasteiger partial charge >= 0.3 is 5.97 Å². The fraction of sp³-hybridized carbons (Fsp3) is 0.364. The predicted octanol–water partition coefficient (Wildman–Crippen LogP) is 1.44. The van der Waals surface area contributed by atoms with Crippen molar-refractivity contribution >= 4 is 13.8 Å². The average molecular weight is 242 g/mol. The molecule has 4 nitrogen and oxygen atoms in total. The summed E-state index contributed by atoms with van der Waals surface area (Å²) >= 11 is 0. The zero-order valence-corrected chi connectivity index (χ0v) is 9.80. The van der Waals surface area contributed by atoms with Gasteiger partial charge < -0.3 is 14.8 Å². The van der Waals surface area contributed by atoms with Crippen LogP contribution in [-0.4, -0.2) is 28.7 Å². The van der Waals surface area contributed by atoms with Crippen LogP contribution in [0.3, 0.4) is 0 Å². The summed E-state index contributed by atoms with van der Waals surface area (Å²) < 4.78 is 11.2. The minimum absolute atomic E-state index is 0.0609. The van der Waals surface area contributed by atoms with Gasteiger partial charge in [-0.3, -0.25) is 4.79 Å². The summed E-state index contributed by atoms with van der Waals surface area (Å²) in [4.78, 5) is 11.0. The van der Waals surface area contributed by atoms with Gasteiger partial charge in [-0.1, -0.05) is 30.3 Å². The van der Waals surface area contributed by atoms with E-state index in [1.807, 2.05) is 30.3 Å². The first-order valence-corrected chi connectivity index (χ1v) is 6.85. The second-order valence-corrected chi connectivity index (χ2v) is 5.43. The Hall–Kier alpha value is -1.12. The average Bonchev–Trinajstić information content (AvgIpc) is 2.29. The number of carboxylic acid groups (broad SMARTS) is 1. The molecule has 5 heteroatoms. The molecule has 1 aromatic carbocycles. The van der Waals surface area contributed by atoms with Crippen LogP contribution in [0, 0.1) is 5.92 Å². The summed E-state index contributed by atoms with van der Waals surface area (Å²) in [6.07, 6.45) is 0.00120. The molecular formula is C11H15O4P. The van der Waals surface area contributed by atoms with Crippen molar-refractivity contribution in [3.63, 3.8) is 0 Å². The third kappa shape index (κ3) is 4.17. The van der Waals surface area contributed by atoms with E-state index in [1.54, 1.807) is 0 Å². The molecular weight excluding hydrogens is 227 g/mol. The second kappa shape index (κ2) is 6.46. The van der Waals surface area contributed by atoms with Gasteiger partial charge in [-0.25, -0.2) is 0 Å². The third-order valence-electron chi connectivity index (χ3n) is 2.32. The molecule has 0 saturated heterocycles. The molecule has 16 heavy (non-hydrogen) atoms. The Kier molecular flexibility index (Phi) is 5.23. The summed E-state index contributed by atoms with van der Waals surface area (Å²) in [6.45, 7) is 0. The summed E-state index contributed by atoms with van der Waals surface area (Å²) in [5, 5.41) is 17.6. The Bertz CT molecular complexity index is 364. The molecule has 0 aliphatic rings. The summed E-state index contributed by atoms with van der Waals surface area (Å²) in [6, 6.07) is 9.21. The van der Waals surface area contributed by atoms with Crippen molar-refractivity contribution in [1.82, 2.24) is 0 Å². The lowest BCUT2D eigenvalue weighted by Gasteiger charge is -2.11. The molecule has 88 valence electrons. The molecule has 2 atom stereocenters. The van der Waals surface area contributed by atoms with Gasteiger partial charge in [0.1, 0.15) is 7.80 Å². The number of aliphatic hydroxyl groups excluding tert-OH is 1. The molecule has 0 bridgehead atoms. The van der Waals surface area contributed by atoms with Gasteiger partial charge in [0.05, 0.1) is 12.3 Å². The lowest BCUT2D eigenvalue weighted by atomic mass is 10.0. The molecule has 0 spiro atoms. The number of benzene rings is 1. The molecule has 0 aliphatic heterocycles. The quantitative estimate of drug-likeness (QED) is 0.740. The molecule has 0 saturated carbocycles. The first kappa shape index (κ1) is 12.9. The van der Waals surface area contributed by atoms with Gasteiger partial charge in [-0.05, 0) is 12.0 Å². The molecule has 1 rings (SSSR count). The van der Waals surface area contributed by atoms with Crippen molar-refractivity contribution in [3.8, 4) is 0 Å². The first-order chi connectivity index (χ1) is 7.63. The highest BCUT2D eigenvalue weighted by Gasteiger charge is 2.20. The van der Waals surface area contributed by atoms with E-state index >= 15 is 0 Å². The zero-order chi connectivity index (χ0) is 12.0. The monoisotopic (exact) mass is 242 g/mol. The van der Waals surface area contributed by atoms with E-state index in [0.717, 1.165) is 5.56 Å². The Morgan fingerprint density at radius 2 is 1.94 bits per heavy atom. The van der Waals surface area contributed by atoms with Gasteiger partial charge in [0.25, 0.3) is 0 Å². The first-order valence-electron chi connectivity index (χ1n) is 5.02. The maximum Gasteiger partial charge on any atom is 0.307 e. The Morgan fingerprint density at radius 1 is 1.31 bits per heavy atom. The molecule has 0 radical (unpaired) electrons. The lowest BCUT2D eigenvalue weighted by molar-refractivity contribution is -0.140. The van der Waals surface area contributed by atoms with Crippen molar-refractivity contribution in [3.05, 3.63) is 35.9 Å². The number of hydrogen-bond donors (Lipinski definition) is 2. The van der Waals surface area contributed by atoms with Crippen LogP contribution >= 0.6 is 7.80 Å². The van der Waals surface area contributed by atoms with Gasteiger partial charge in [0, 0.05) is 6.16 Å². The number of rotatable bonds is 6. The summed E-state index contributed by atoms with van der Waals surface area (Å²) in [5.41, 5.74) is 0.905. The van der Waals surface area contributed by atoms with E-state index < -0.39 is 26.0 Å². The zero-order valence-electron chi connectivity index (χ0n) is 8.80. The minimum atomic E-state index is -2.17. The summed E-state index contributed by atoms with van der Waals surface area (Å²) in [5.74, 6) is -1.64. The number of aliphatic hydroxyl groups is 1. The number of hydrogen-bond acceptors (Lipinski definition) is 3. The standard InChI is InChI=1S/C11H15O4P/c12-8-16(15)7-10(11(13)14)6-9-4-2-1-3-5-9/h1-5,10,12,16H,6-8H2,(H,13,14). The largest absolute Gasteiger partial charge is 0.481 e. The van der Waals surface area contributed by atoms with Crippen LogP contribution in [-0.2, 0) is 15.8 Å². The lowest BCUT2D eigenvalue weighted by Crippen LogP contribution is -2.19. The predicted molar refractivity (Wildman–Crippen MR) is 62.2 cm³/mol. The van der Waals surface area contributed by atoms with E-state index in [4.69, 9.17) is 10.2 Å². The van der Waals surface area contributed by atoms with Crippen LogP contribution in [0.1, 0.15) is 5.56 Å². The minimum Gasteiger partial charge on any atom is -0.481 e. The molecule has 1 aromatic rings. The van der Waals surface area contributed by atoms with Gasteiger partial charge in [0.2, 0.25) is 0 Å². The van der Waals surface area contributed by atoms with E-state index in [2.05, 4.69) is 0 Å². The van der Waals surface area contributed by atoms with E-state index in [9.17, 15) is 9.36 Å². The van der Waals surface area contributed by atoms with Crippen LogP contribution < -0.4 is 0 Å². The third-order valence-corrected chi connectivity index (χ3v) is 3.63. The fourth-order valence-corrected chi connectivity index (χ4v) is 2.48. The molecule has 0 amide bonds. The van der Waals surface area contributed by atoms with E-state index in [1.165, 1.54) is 0 Å². The van der Waals surface area contributed by atoms with Crippen molar-refractivity contribution < 1.29 is 19.6 Å². The smallest absolute Gasteiger partial charge is 0.307 e. The molecule has 0 heterocycles. The van der Waals surface area contributed by atoms with Crippen molar-refractivity contribution in [1.29, 1.82) is 0 Å². The fourth-order valence-electron chi connectivity index (χ4n) is 1.48. The summed E-state index contributed by atoms with van der Waals surface area (Å²) in [7, 11) is -2.17. The molecule has 0 aliphatic carbocycles. The molecule has 0 aromatic heterocycles. The Labute approximate surface area is 94.7 Å². The van der Waals surface area contributed by atoms with Crippen molar-refractivity contribution in [2.45, 2.75) is 6.42 Å².